The second-order valence-corrected chi connectivity index (χ2v) is 16.6. The molecule has 0 atom stereocenters. The van der Waals surface area contributed by atoms with Crippen LogP contribution in [0.3, 0.4) is 0 Å². The Morgan fingerprint density at radius 3 is 0.756 bits per heavy atom. The van der Waals surface area contributed by atoms with E-state index in [9.17, 15) is 159 Å². The van der Waals surface area contributed by atoms with Gasteiger partial charge in [-0.25, -0.2) is 0 Å². The Kier molecular flexibility index (Phi) is 19.8. The fraction of sp³-hybridized carbons (Fsp3) is 0.700. The van der Waals surface area contributed by atoms with Gasteiger partial charge >= 0.3 is 95.3 Å². The molecule has 38 heteroatoms. The van der Waals surface area contributed by atoms with Gasteiger partial charge in [0.15, 0.2) is 0 Å². The van der Waals surface area contributed by atoms with Crippen LogP contribution >= 0.6 is 0 Å². The van der Waals surface area contributed by atoms with Crippen molar-refractivity contribution >= 4 is 0 Å². The van der Waals surface area contributed by atoms with E-state index < -0.39 is 147 Å². The molecule has 0 heterocycles. The molecule has 0 aliphatic carbocycles. The average molecular weight is 1220 g/mol. The van der Waals surface area contributed by atoms with Gasteiger partial charge in [0.2, 0.25) is 0 Å². The predicted molar refractivity (Wildman–Crippen MR) is 192 cm³/mol. The highest BCUT2D eigenvalue weighted by molar-refractivity contribution is 5.38. The van der Waals surface area contributed by atoms with Crippen molar-refractivity contribution < 1.29 is 169 Å². The SMILES string of the molecule is OCc1cc(CCCC(F)(F)C(F)(F)C(F)(F)C(F)(F)C(F)(F)C(F)(F)C(F)(F)C(F)(F)F)ccc1OCCCCOc1ccc(CCCC(F)(F)C(F)(F)C(F)(F)C(F)(F)C(F)(F)C(F)(F)C(F)(F)C(F)(F)F)cc1CO. The minimum absolute atomic E-state index is 0.00953. The molecule has 0 radical (unpaired) electrons. The molecule has 0 aromatic heterocycles. The Morgan fingerprint density at radius 2 is 0.526 bits per heavy atom. The summed E-state index contributed by atoms with van der Waals surface area (Å²) in [6.45, 7) is -2.58. The third kappa shape index (κ3) is 11.7. The zero-order valence-electron chi connectivity index (χ0n) is 37.5. The van der Waals surface area contributed by atoms with Gasteiger partial charge in [0.1, 0.15) is 11.5 Å². The van der Waals surface area contributed by atoms with Gasteiger partial charge in [-0.15, -0.1) is 0 Å². The molecular weight excluding hydrogens is 1190 g/mol. The molecule has 0 fully saturated rings. The third-order valence-corrected chi connectivity index (χ3v) is 11.1. The maximum atomic E-state index is 14.3. The number of halogens is 34. The average Bonchev–Trinajstić information content (AvgIpc) is 3.28. The topological polar surface area (TPSA) is 58.9 Å². The molecule has 0 unspecified atom stereocenters. The summed E-state index contributed by atoms with van der Waals surface area (Å²) < 4.78 is 471. The predicted octanol–water partition coefficient (Wildman–Crippen LogP) is 15.6. The van der Waals surface area contributed by atoms with E-state index in [0.717, 1.165) is 36.4 Å². The van der Waals surface area contributed by atoms with E-state index in [2.05, 4.69) is 0 Å². The lowest BCUT2D eigenvalue weighted by molar-refractivity contribution is -0.461. The second kappa shape index (κ2) is 22.1. The van der Waals surface area contributed by atoms with Gasteiger partial charge in [-0.1, -0.05) is 12.1 Å². The second-order valence-electron chi connectivity index (χ2n) is 16.6. The number of hydrogen-bond donors (Lipinski definition) is 2. The summed E-state index contributed by atoms with van der Waals surface area (Å²) >= 11 is 0. The largest absolute Gasteiger partial charge is 0.493 e. The van der Waals surface area contributed by atoms with Crippen LogP contribution in [0.1, 0.15) is 60.8 Å². The number of aliphatic hydroxyl groups excluding tert-OH is 2. The lowest BCUT2D eigenvalue weighted by atomic mass is 9.87. The van der Waals surface area contributed by atoms with E-state index in [-0.39, 0.29) is 59.8 Å². The molecule has 2 rings (SSSR count). The van der Waals surface area contributed by atoms with Crippen molar-refractivity contribution in [2.24, 2.45) is 0 Å². The first kappa shape index (κ1) is 69.7. The van der Waals surface area contributed by atoms with E-state index in [1.165, 1.54) is 0 Å². The minimum Gasteiger partial charge on any atom is -0.493 e. The molecule has 4 nitrogen and oxygen atoms in total. The summed E-state index contributed by atoms with van der Waals surface area (Å²) in [4.78, 5) is 0. The first-order chi connectivity index (χ1) is 34.5. The maximum absolute atomic E-state index is 14.3. The summed E-state index contributed by atoms with van der Waals surface area (Å²) in [6, 6.07) is 5.49. The molecular formula is C40H32F34O4. The first-order valence-corrected chi connectivity index (χ1v) is 20.6. The fourth-order valence-corrected chi connectivity index (χ4v) is 6.41. The molecule has 2 aromatic rings. The van der Waals surface area contributed by atoms with Gasteiger partial charge in [0.05, 0.1) is 26.4 Å². The number of benzene rings is 2. The van der Waals surface area contributed by atoms with Crippen molar-refractivity contribution in [3.63, 3.8) is 0 Å². The number of rotatable bonds is 29. The van der Waals surface area contributed by atoms with E-state index in [1.807, 2.05) is 0 Å². The monoisotopic (exact) mass is 1220 g/mol. The Balaban J connectivity index is 2.05. The molecule has 2 N–H and O–H groups in total. The lowest BCUT2D eigenvalue weighted by Gasteiger charge is -2.42. The standard InChI is InChI=1S/C40H32F34O4/c41-25(42,27(45,46)29(49,50)31(53,54)33(57,58)35(61,62)37(65,66)39(69,70)71)11-3-5-19-7-9-23(21(15-19)17-75)77-13-1-2-14-78-24-10-8-20(16-22(24)18-76)6-4-12-26(43,44)28(47,48)30(51,52)32(55,56)34(59,60)36(63,64)38(67,68)40(72,73)74/h7-10,15-16,75-76H,1-6,11-14,17-18H2. The Morgan fingerprint density at radius 1 is 0.295 bits per heavy atom. The number of hydrogen-bond acceptors (Lipinski definition) is 4. The van der Waals surface area contributed by atoms with Crippen LogP contribution in [0, 0.1) is 0 Å². The molecule has 78 heavy (non-hydrogen) atoms. The molecule has 0 bridgehead atoms. The van der Waals surface area contributed by atoms with Crippen molar-refractivity contribution in [1.29, 1.82) is 0 Å². The molecule has 0 saturated heterocycles. The van der Waals surface area contributed by atoms with E-state index in [0.29, 0.717) is 0 Å². The smallest absolute Gasteiger partial charge is 0.460 e. The van der Waals surface area contributed by atoms with E-state index >= 15 is 0 Å². The molecule has 0 saturated carbocycles. The zero-order valence-corrected chi connectivity index (χ0v) is 37.5. The van der Waals surface area contributed by atoms with Gasteiger partial charge in [-0.05, 0) is 73.9 Å². The van der Waals surface area contributed by atoms with Crippen LogP contribution in [0.15, 0.2) is 36.4 Å². The zero-order chi connectivity index (χ0) is 61.6. The maximum Gasteiger partial charge on any atom is 0.460 e. The van der Waals surface area contributed by atoms with Gasteiger partial charge in [-0.3, -0.25) is 0 Å². The van der Waals surface area contributed by atoms with Crippen LogP contribution < -0.4 is 9.47 Å². The van der Waals surface area contributed by atoms with Gasteiger partial charge in [0.25, 0.3) is 0 Å². The summed E-state index contributed by atoms with van der Waals surface area (Å²) in [7, 11) is 0. The molecule has 0 spiro atoms. The van der Waals surface area contributed by atoms with Crippen molar-refractivity contribution in [2.75, 3.05) is 13.2 Å². The van der Waals surface area contributed by atoms with Gasteiger partial charge in [-0.2, -0.15) is 149 Å². The molecule has 0 aliphatic rings. The lowest BCUT2D eigenvalue weighted by Crippen LogP contribution is -2.74. The van der Waals surface area contributed by atoms with Crippen LogP contribution in [0.25, 0.3) is 0 Å². The molecule has 454 valence electrons. The number of unbranched alkanes of at least 4 members (excludes halogenated alkanes) is 1. The highest BCUT2D eigenvalue weighted by Crippen LogP contribution is 2.66. The van der Waals surface area contributed by atoms with E-state index in [1.54, 1.807) is 0 Å². The summed E-state index contributed by atoms with van der Waals surface area (Å²) in [6.07, 6.45) is -26.2. The van der Waals surface area contributed by atoms with Crippen LogP contribution in [0.2, 0.25) is 0 Å². The quantitative estimate of drug-likeness (QED) is 0.0630. The Hall–Kier alpha value is -4.42. The third-order valence-electron chi connectivity index (χ3n) is 11.1. The van der Waals surface area contributed by atoms with Crippen molar-refractivity contribution in [2.45, 2.75) is 160 Å². The van der Waals surface area contributed by atoms with Crippen molar-refractivity contribution in [1.82, 2.24) is 0 Å². The van der Waals surface area contributed by atoms with Crippen LogP contribution in [0.5, 0.6) is 11.5 Å². The van der Waals surface area contributed by atoms with E-state index in [4.69, 9.17) is 9.47 Å². The first-order valence-electron chi connectivity index (χ1n) is 20.6. The van der Waals surface area contributed by atoms with Gasteiger partial charge < -0.3 is 19.7 Å². The van der Waals surface area contributed by atoms with Crippen LogP contribution in [0.4, 0.5) is 149 Å². The fourth-order valence-electron chi connectivity index (χ4n) is 6.41. The summed E-state index contributed by atoms with van der Waals surface area (Å²) in [5, 5.41) is 19.3. The van der Waals surface area contributed by atoms with Crippen molar-refractivity contribution in [3.8, 4) is 11.5 Å². The Bertz CT molecular complexity index is 2160. The number of aryl methyl sites for hydroxylation is 2. The highest BCUT2D eigenvalue weighted by atomic mass is 19.4. The molecule has 0 aliphatic heterocycles. The number of ether oxygens (including phenoxy) is 2. The summed E-state index contributed by atoms with van der Waals surface area (Å²) in [5.41, 5.74) is -1.06. The number of alkyl halides is 34. The minimum atomic E-state index is -8.78. The number of aliphatic hydroxyl groups is 2. The molecule has 0 amide bonds. The van der Waals surface area contributed by atoms with Crippen LogP contribution in [-0.4, -0.2) is 119 Å². The van der Waals surface area contributed by atoms with Gasteiger partial charge in [0, 0.05) is 24.0 Å². The van der Waals surface area contributed by atoms with Crippen molar-refractivity contribution in [3.05, 3.63) is 58.7 Å². The molecule has 2 aromatic carbocycles. The van der Waals surface area contributed by atoms with Crippen LogP contribution in [-0.2, 0) is 26.1 Å². The normalized spacial score (nSPS) is 15.3. The summed E-state index contributed by atoms with van der Waals surface area (Å²) in [5.74, 6) is -115. The highest BCUT2D eigenvalue weighted by Gasteiger charge is 2.97. The Labute approximate surface area is 412 Å².